The van der Waals surface area contributed by atoms with Crippen LogP contribution in [0.25, 0.3) is 0 Å². The molecule has 4 rings (SSSR count). The lowest BCUT2D eigenvalue weighted by Gasteiger charge is -2.44. The molecule has 3 bridgehead atoms. The van der Waals surface area contributed by atoms with E-state index in [1.165, 1.54) is 0 Å². The highest BCUT2D eigenvalue weighted by molar-refractivity contribution is 5.70. The van der Waals surface area contributed by atoms with Crippen molar-refractivity contribution in [2.45, 2.75) is 43.7 Å². The number of piperidine rings is 2. The normalized spacial score (nSPS) is 51.4. The van der Waals surface area contributed by atoms with Crippen LogP contribution in [0.5, 0.6) is 0 Å². The van der Waals surface area contributed by atoms with Crippen LogP contribution in [0.3, 0.4) is 0 Å². The molecule has 1 N–H and O–H groups in total. The maximum Gasteiger partial charge on any atom is 0.410 e. The second-order valence-corrected chi connectivity index (χ2v) is 5.24. The van der Waals surface area contributed by atoms with Gasteiger partial charge in [-0.2, -0.15) is 0 Å². The monoisotopic (exact) mass is 224 g/mol. The zero-order valence-corrected chi connectivity index (χ0v) is 9.31. The molecule has 4 fully saturated rings. The predicted molar refractivity (Wildman–Crippen MR) is 54.8 cm³/mol. The van der Waals surface area contributed by atoms with E-state index in [4.69, 9.17) is 9.47 Å². The third kappa shape index (κ3) is 0.880. The molecule has 0 saturated carbocycles. The number of hydrogen-bond acceptors (Lipinski definition) is 4. The lowest BCUT2D eigenvalue weighted by atomic mass is 9.87. The van der Waals surface area contributed by atoms with Gasteiger partial charge in [0.2, 0.25) is 0 Å². The van der Waals surface area contributed by atoms with Crippen molar-refractivity contribution in [1.82, 2.24) is 10.2 Å². The summed E-state index contributed by atoms with van der Waals surface area (Å²) in [6.45, 7) is 3.34. The summed E-state index contributed by atoms with van der Waals surface area (Å²) in [6, 6.07) is 0.451. The van der Waals surface area contributed by atoms with E-state index in [-0.39, 0.29) is 30.0 Å². The first-order valence-electron chi connectivity index (χ1n) is 6.14. The van der Waals surface area contributed by atoms with Crippen LogP contribution in [0.1, 0.15) is 19.8 Å². The van der Waals surface area contributed by atoms with Crippen LogP contribution in [0.2, 0.25) is 0 Å². The SMILES string of the molecule is CCOC(=O)N1C2CC3CN[C@@]4(O[C@@H]24)C1C3. The van der Waals surface area contributed by atoms with E-state index in [1.54, 1.807) is 0 Å². The topological polar surface area (TPSA) is 54.1 Å². The first kappa shape index (κ1) is 9.24. The predicted octanol–water partition coefficient (Wildman–Crippen LogP) is 0.304. The molecular formula is C11H16N2O3. The third-order valence-corrected chi connectivity index (χ3v) is 4.50. The minimum absolute atomic E-state index is 0.158. The van der Waals surface area contributed by atoms with Gasteiger partial charge in [0.05, 0.1) is 18.7 Å². The Morgan fingerprint density at radius 2 is 2.50 bits per heavy atom. The molecule has 0 radical (unpaired) electrons. The van der Waals surface area contributed by atoms with Gasteiger partial charge in [-0.3, -0.25) is 10.2 Å². The number of carbonyl (C=O) groups is 1. The molecule has 88 valence electrons. The number of hydrogen-bond donors (Lipinski definition) is 1. The van der Waals surface area contributed by atoms with Crippen LogP contribution >= 0.6 is 0 Å². The van der Waals surface area contributed by atoms with Gasteiger partial charge in [0.25, 0.3) is 0 Å². The number of nitrogens with one attached hydrogen (secondary N) is 1. The van der Waals surface area contributed by atoms with Crippen molar-refractivity contribution in [2.75, 3.05) is 13.2 Å². The van der Waals surface area contributed by atoms with E-state index < -0.39 is 0 Å². The molecule has 0 aromatic heterocycles. The minimum atomic E-state index is -0.204. The molecule has 4 aliphatic heterocycles. The van der Waals surface area contributed by atoms with E-state index in [9.17, 15) is 4.79 Å². The van der Waals surface area contributed by atoms with Gasteiger partial charge < -0.3 is 9.47 Å². The molecule has 0 aliphatic carbocycles. The van der Waals surface area contributed by atoms with Gasteiger partial charge in [-0.05, 0) is 25.7 Å². The van der Waals surface area contributed by atoms with E-state index in [0.29, 0.717) is 12.5 Å². The lowest BCUT2D eigenvalue weighted by molar-refractivity contribution is -0.0269. The largest absolute Gasteiger partial charge is 0.450 e. The molecule has 0 aromatic carbocycles. The highest BCUT2D eigenvalue weighted by atomic mass is 16.6. The van der Waals surface area contributed by atoms with Crippen molar-refractivity contribution < 1.29 is 14.3 Å². The van der Waals surface area contributed by atoms with Crippen molar-refractivity contribution in [3.63, 3.8) is 0 Å². The van der Waals surface area contributed by atoms with Crippen molar-refractivity contribution in [2.24, 2.45) is 5.92 Å². The van der Waals surface area contributed by atoms with Crippen molar-refractivity contribution in [3.05, 3.63) is 0 Å². The molecule has 1 amide bonds. The van der Waals surface area contributed by atoms with Gasteiger partial charge in [-0.1, -0.05) is 0 Å². The highest BCUT2D eigenvalue weighted by Crippen LogP contribution is 2.58. The third-order valence-electron chi connectivity index (χ3n) is 4.50. The fourth-order valence-corrected chi connectivity index (χ4v) is 3.86. The Hall–Kier alpha value is -0.810. The van der Waals surface area contributed by atoms with Crippen LogP contribution in [0.4, 0.5) is 4.79 Å². The van der Waals surface area contributed by atoms with Gasteiger partial charge in [-0.15, -0.1) is 0 Å². The van der Waals surface area contributed by atoms with Gasteiger partial charge in [-0.25, -0.2) is 4.79 Å². The maximum absolute atomic E-state index is 11.9. The number of epoxide rings is 1. The number of carbonyl (C=O) groups excluding carboxylic acids is 1. The average molecular weight is 224 g/mol. The molecule has 4 saturated heterocycles. The zero-order chi connectivity index (χ0) is 10.9. The molecule has 1 spiro atoms. The average Bonchev–Trinajstić information content (AvgIpc) is 2.96. The minimum Gasteiger partial charge on any atom is -0.450 e. The summed E-state index contributed by atoms with van der Waals surface area (Å²) < 4.78 is 10.9. The van der Waals surface area contributed by atoms with Gasteiger partial charge in [0.15, 0.2) is 5.72 Å². The summed E-state index contributed by atoms with van der Waals surface area (Å²) in [6.07, 6.45) is 2.19. The second kappa shape index (κ2) is 2.71. The molecule has 4 heterocycles. The fraction of sp³-hybridized carbons (Fsp3) is 0.909. The molecule has 5 nitrogen and oxygen atoms in total. The number of fused-ring (bicyclic) bond motifs is 3. The molecule has 5 atom stereocenters. The van der Waals surface area contributed by atoms with Crippen molar-refractivity contribution in [3.8, 4) is 0 Å². The Bertz CT molecular complexity index is 359. The highest BCUT2D eigenvalue weighted by Gasteiger charge is 2.77. The fourth-order valence-electron chi connectivity index (χ4n) is 3.86. The van der Waals surface area contributed by atoms with Gasteiger partial charge >= 0.3 is 6.09 Å². The number of nitrogens with zero attached hydrogens (tertiary/aromatic N) is 1. The van der Waals surface area contributed by atoms with Gasteiger partial charge in [0.1, 0.15) is 6.10 Å². The molecule has 16 heavy (non-hydrogen) atoms. The Labute approximate surface area is 94.1 Å². The van der Waals surface area contributed by atoms with E-state index >= 15 is 0 Å². The molecule has 4 aliphatic rings. The number of amides is 1. The quantitative estimate of drug-likeness (QED) is 0.651. The summed E-state index contributed by atoms with van der Waals surface area (Å²) in [7, 11) is 0. The Morgan fingerprint density at radius 1 is 1.62 bits per heavy atom. The van der Waals surface area contributed by atoms with Gasteiger partial charge in [0, 0.05) is 6.54 Å². The second-order valence-electron chi connectivity index (χ2n) is 5.24. The summed E-state index contributed by atoms with van der Waals surface area (Å²) in [5, 5.41) is 3.48. The maximum atomic E-state index is 11.9. The smallest absolute Gasteiger partial charge is 0.410 e. The van der Waals surface area contributed by atoms with Crippen molar-refractivity contribution in [1.29, 1.82) is 0 Å². The summed E-state index contributed by atoms with van der Waals surface area (Å²) in [5.74, 6) is 0.711. The van der Waals surface area contributed by atoms with Crippen LogP contribution in [-0.4, -0.2) is 48.1 Å². The molecular weight excluding hydrogens is 208 g/mol. The van der Waals surface area contributed by atoms with E-state index in [2.05, 4.69) is 5.32 Å². The number of rotatable bonds is 1. The molecule has 0 aromatic rings. The van der Waals surface area contributed by atoms with Crippen molar-refractivity contribution >= 4 is 6.09 Å². The van der Waals surface area contributed by atoms with E-state index in [1.807, 2.05) is 11.8 Å². The first-order chi connectivity index (χ1) is 7.76. The zero-order valence-electron chi connectivity index (χ0n) is 9.31. The van der Waals surface area contributed by atoms with E-state index in [0.717, 1.165) is 19.4 Å². The standard InChI is InChI=1S/C11H16N2O3/c1-2-15-10(14)13-7-3-6-4-8(13)11(12-5-6)9(7)16-11/h6-9,12H,2-5H2,1H3/t6?,7?,8?,9-,11+/m0/s1. The lowest BCUT2D eigenvalue weighted by Crippen LogP contribution is -2.60. The Balaban J connectivity index is 1.66. The summed E-state index contributed by atoms with van der Waals surface area (Å²) in [4.78, 5) is 13.8. The molecule has 5 heteroatoms. The van der Waals surface area contributed by atoms with Crippen LogP contribution in [0.15, 0.2) is 0 Å². The molecule has 3 unspecified atom stereocenters. The number of morpholine rings is 1. The Kier molecular flexibility index (Phi) is 1.56. The Morgan fingerprint density at radius 3 is 3.31 bits per heavy atom. The summed E-state index contributed by atoms with van der Waals surface area (Å²) in [5.41, 5.74) is -0.204. The van der Waals surface area contributed by atoms with Crippen LogP contribution in [0, 0.1) is 5.92 Å². The first-order valence-corrected chi connectivity index (χ1v) is 6.14. The number of ether oxygens (including phenoxy) is 2. The van der Waals surface area contributed by atoms with Crippen LogP contribution in [-0.2, 0) is 9.47 Å². The van der Waals surface area contributed by atoms with Crippen LogP contribution < -0.4 is 5.32 Å². The summed E-state index contributed by atoms with van der Waals surface area (Å²) >= 11 is 0.